The quantitative estimate of drug-likeness (QED) is 0.199. The molecule has 14 heteroatoms. The number of anilines is 4. The Bertz CT molecular complexity index is 1410. The van der Waals surface area contributed by atoms with Gasteiger partial charge >= 0.3 is 12.0 Å². The predicted octanol–water partition coefficient (Wildman–Crippen LogP) is 2.52. The molecule has 4 heterocycles. The van der Waals surface area contributed by atoms with Crippen LogP contribution in [0.15, 0.2) is 35.7 Å². The number of benzene rings is 1. The van der Waals surface area contributed by atoms with Crippen LogP contribution in [0.2, 0.25) is 0 Å². The third-order valence-electron chi connectivity index (χ3n) is 5.77. The van der Waals surface area contributed by atoms with Gasteiger partial charge in [0.25, 0.3) is 0 Å². The van der Waals surface area contributed by atoms with Gasteiger partial charge in [-0.1, -0.05) is 11.8 Å². The number of nitrogens with one attached hydrogen (secondary N) is 2. The van der Waals surface area contributed by atoms with Gasteiger partial charge in [-0.2, -0.15) is 20.1 Å². The van der Waals surface area contributed by atoms with E-state index in [1.54, 1.807) is 13.1 Å². The second kappa shape index (κ2) is 10.8. The molecule has 1 aromatic carbocycles. The first-order valence-electron chi connectivity index (χ1n) is 11.7. The largest absolute Gasteiger partial charge is 0.467 e. The Balaban J connectivity index is 1.34. The zero-order chi connectivity index (χ0) is 25.8. The normalized spacial score (nSPS) is 13.6. The third kappa shape index (κ3) is 5.33. The average molecular weight is 523 g/mol. The molecule has 13 nitrogen and oxygen atoms in total. The van der Waals surface area contributed by atoms with Gasteiger partial charge in [-0.3, -0.25) is 5.10 Å². The molecule has 1 aliphatic heterocycles. The van der Waals surface area contributed by atoms with Crippen molar-refractivity contribution < 1.29 is 14.3 Å². The molecule has 0 spiro atoms. The standard InChI is InChI=1S/C23H26N10O3S/c1-4-36-19(34)16-13-24-23(37-3)27-18(16)32-7-9-33(10-8-32)21-28-20(29-22(30-21)35-2)26-15-5-6-17-14(11-15)12-25-31-17/h5-6,11-13H,4,7-10H2,1-3H3,(H,25,31)(H,26,28,29,30). The minimum atomic E-state index is -0.431. The number of nitrogens with zero attached hydrogens (tertiary/aromatic N) is 8. The fourth-order valence-electron chi connectivity index (χ4n) is 3.95. The maximum absolute atomic E-state index is 12.5. The molecule has 5 rings (SSSR count). The number of methoxy groups -OCH3 is 1. The van der Waals surface area contributed by atoms with Gasteiger partial charge in [-0.05, 0) is 31.4 Å². The van der Waals surface area contributed by atoms with Crippen LogP contribution in [0.1, 0.15) is 17.3 Å². The first kappa shape index (κ1) is 24.5. The molecule has 192 valence electrons. The SMILES string of the molecule is CCOC(=O)c1cnc(SC)nc1N1CCN(c2nc(Nc3ccc4[nH]ncc4c3)nc(OC)n2)CC1. The molecule has 3 aromatic heterocycles. The molecule has 0 bridgehead atoms. The lowest BCUT2D eigenvalue weighted by Crippen LogP contribution is -2.48. The van der Waals surface area contributed by atoms with Gasteiger partial charge in [0.15, 0.2) is 5.16 Å². The van der Waals surface area contributed by atoms with E-state index in [0.29, 0.717) is 54.6 Å². The molecule has 0 atom stereocenters. The van der Waals surface area contributed by atoms with E-state index in [4.69, 9.17) is 9.47 Å². The van der Waals surface area contributed by atoms with Gasteiger partial charge in [-0.15, -0.1) is 0 Å². The van der Waals surface area contributed by atoms with E-state index in [1.165, 1.54) is 25.1 Å². The van der Waals surface area contributed by atoms with Crippen molar-refractivity contribution in [3.63, 3.8) is 0 Å². The van der Waals surface area contributed by atoms with Gasteiger partial charge in [0.05, 0.1) is 25.4 Å². The molecule has 2 N–H and O–H groups in total. The summed E-state index contributed by atoms with van der Waals surface area (Å²) in [6.45, 7) is 4.47. The number of fused-ring (bicyclic) bond motifs is 1. The number of H-pyrrole nitrogens is 1. The summed E-state index contributed by atoms with van der Waals surface area (Å²) in [6.07, 6.45) is 5.19. The number of aromatic nitrogens is 7. The molecule has 1 fully saturated rings. The number of ether oxygens (including phenoxy) is 2. The van der Waals surface area contributed by atoms with E-state index < -0.39 is 5.97 Å². The first-order chi connectivity index (χ1) is 18.1. The number of carbonyl (C=O) groups is 1. The topological polar surface area (TPSA) is 147 Å². The number of esters is 1. The third-order valence-corrected chi connectivity index (χ3v) is 6.33. The van der Waals surface area contributed by atoms with Gasteiger partial charge in [0.2, 0.25) is 11.9 Å². The molecule has 0 saturated carbocycles. The van der Waals surface area contributed by atoms with Crippen LogP contribution >= 0.6 is 11.8 Å². The van der Waals surface area contributed by atoms with Crippen molar-refractivity contribution in [2.24, 2.45) is 0 Å². The number of aromatic amines is 1. The Morgan fingerprint density at radius 2 is 1.92 bits per heavy atom. The van der Waals surface area contributed by atoms with Crippen LogP contribution in [0, 0.1) is 0 Å². The molecule has 0 unspecified atom stereocenters. The van der Waals surface area contributed by atoms with Gasteiger partial charge in [0.1, 0.15) is 11.4 Å². The van der Waals surface area contributed by atoms with Gasteiger partial charge < -0.3 is 24.6 Å². The summed E-state index contributed by atoms with van der Waals surface area (Å²) in [5.74, 6) is 1.01. The Morgan fingerprint density at radius 3 is 2.68 bits per heavy atom. The molecule has 1 aliphatic rings. The van der Waals surface area contributed by atoms with Crippen LogP contribution in [0.4, 0.5) is 23.4 Å². The van der Waals surface area contributed by atoms with Gasteiger partial charge in [0, 0.05) is 43.4 Å². The first-order valence-corrected chi connectivity index (χ1v) is 12.9. The Labute approximate surface area is 217 Å². The van der Waals surface area contributed by atoms with Crippen molar-refractivity contribution in [2.45, 2.75) is 12.1 Å². The van der Waals surface area contributed by atoms with Crippen LogP contribution in [0.25, 0.3) is 10.9 Å². The number of piperazine rings is 1. The van der Waals surface area contributed by atoms with Crippen molar-refractivity contribution in [3.8, 4) is 6.01 Å². The molecule has 0 amide bonds. The van der Waals surface area contributed by atoms with Crippen LogP contribution in [-0.4, -0.2) is 87.2 Å². The number of rotatable bonds is 8. The highest BCUT2D eigenvalue weighted by Crippen LogP contribution is 2.25. The lowest BCUT2D eigenvalue weighted by Gasteiger charge is -2.36. The van der Waals surface area contributed by atoms with Gasteiger partial charge in [-0.25, -0.2) is 14.8 Å². The van der Waals surface area contributed by atoms with Crippen LogP contribution in [-0.2, 0) is 4.74 Å². The minimum absolute atomic E-state index is 0.212. The molecule has 0 aliphatic carbocycles. The minimum Gasteiger partial charge on any atom is -0.467 e. The number of hydrogen-bond acceptors (Lipinski definition) is 13. The maximum atomic E-state index is 12.5. The van der Waals surface area contributed by atoms with Crippen LogP contribution < -0.4 is 19.9 Å². The second-order valence-electron chi connectivity index (χ2n) is 8.03. The highest BCUT2D eigenvalue weighted by Gasteiger charge is 2.26. The Morgan fingerprint density at radius 1 is 1.11 bits per heavy atom. The smallest absolute Gasteiger partial charge is 0.343 e. The predicted molar refractivity (Wildman–Crippen MR) is 140 cm³/mol. The summed E-state index contributed by atoms with van der Waals surface area (Å²) in [7, 11) is 1.52. The molecular weight excluding hydrogens is 496 g/mol. The summed E-state index contributed by atoms with van der Waals surface area (Å²) in [4.78, 5) is 38.9. The van der Waals surface area contributed by atoms with E-state index in [1.807, 2.05) is 29.4 Å². The number of hydrogen-bond donors (Lipinski definition) is 2. The second-order valence-corrected chi connectivity index (χ2v) is 8.80. The lowest BCUT2D eigenvalue weighted by atomic mass is 10.2. The summed E-state index contributed by atoms with van der Waals surface area (Å²) in [6, 6.07) is 6.02. The lowest BCUT2D eigenvalue weighted by molar-refractivity contribution is 0.0526. The monoisotopic (exact) mass is 522 g/mol. The highest BCUT2D eigenvalue weighted by molar-refractivity contribution is 7.98. The van der Waals surface area contributed by atoms with Crippen molar-refractivity contribution >= 4 is 52.0 Å². The van der Waals surface area contributed by atoms with E-state index >= 15 is 0 Å². The van der Waals surface area contributed by atoms with Crippen molar-refractivity contribution in [1.82, 2.24) is 35.1 Å². The van der Waals surface area contributed by atoms with E-state index in [0.717, 1.165) is 16.6 Å². The van der Waals surface area contributed by atoms with E-state index in [2.05, 4.69) is 45.3 Å². The summed E-state index contributed by atoms with van der Waals surface area (Å²) in [5.41, 5.74) is 2.12. The zero-order valence-electron chi connectivity index (χ0n) is 20.6. The number of thioether (sulfide) groups is 1. The molecule has 1 saturated heterocycles. The zero-order valence-corrected chi connectivity index (χ0v) is 21.4. The number of carbonyl (C=O) groups excluding carboxylic acids is 1. The molecule has 0 radical (unpaired) electrons. The van der Waals surface area contributed by atoms with Crippen molar-refractivity contribution in [2.75, 3.05) is 61.3 Å². The Hall–Kier alpha value is -4.20. The fourth-order valence-corrected chi connectivity index (χ4v) is 4.29. The van der Waals surface area contributed by atoms with Crippen molar-refractivity contribution in [1.29, 1.82) is 0 Å². The summed E-state index contributed by atoms with van der Waals surface area (Å²) < 4.78 is 10.6. The van der Waals surface area contributed by atoms with Crippen LogP contribution in [0.3, 0.4) is 0 Å². The average Bonchev–Trinajstić information content (AvgIpc) is 3.41. The molecular formula is C23H26N10O3S. The maximum Gasteiger partial charge on any atom is 0.343 e. The highest BCUT2D eigenvalue weighted by atomic mass is 32.2. The Kier molecular flexibility index (Phi) is 7.16. The molecule has 37 heavy (non-hydrogen) atoms. The van der Waals surface area contributed by atoms with Crippen molar-refractivity contribution in [3.05, 3.63) is 36.2 Å². The van der Waals surface area contributed by atoms with E-state index in [9.17, 15) is 4.79 Å². The summed E-state index contributed by atoms with van der Waals surface area (Å²) in [5, 5.41) is 11.8. The van der Waals surface area contributed by atoms with E-state index in [-0.39, 0.29) is 12.6 Å². The van der Waals surface area contributed by atoms with Crippen LogP contribution in [0.5, 0.6) is 6.01 Å². The molecule has 4 aromatic rings. The fraction of sp³-hybridized carbons (Fsp3) is 0.348. The summed E-state index contributed by atoms with van der Waals surface area (Å²) >= 11 is 1.42.